The molecule has 1 atom stereocenters. The maximum atomic E-state index is 13.2. The van der Waals surface area contributed by atoms with Crippen molar-refractivity contribution in [1.29, 1.82) is 0 Å². The lowest BCUT2D eigenvalue weighted by atomic mass is 9.96. The van der Waals surface area contributed by atoms with Crippen LogP contribution in [0.3, 0.4) is 0 Å². The molecule has 1 unspecified atom stereocenters. The second-order valence-electron chi connectivity index (χ2n) is 8.66. The van der Waals surface area contributed by atoms with Crippen LogP contribution < -0.4 is 14.2 Å². The monoisotopic (exact) mass is 480 g/mol. The summed E-state index contributed by atoms with van der Waals surface area (Å²) in [6, 6.07) is 13.3. The Morgan fingerprint density at radius 3 is 2.63 bits per heavy atom. The first-order valence-corrected chi connectivity index (χ1v) is 11.7. The smallest absolute Gasteiger partial charge is 0.241 e. The van der Waals surface area contributed by atoms with Gasteiger partial charge in [-0.25, -0.2) is 0 Å². The SMILES string of the molecule is COc1ccccc1CN(C)C(=O)C1CCCN(Cc2nc(-c3ccc(OC)c(OC)c3)no2)C1. The highest BCUT2D eigenvalue weighted by molar-refractivity contribution is 5.79. The summed E-state index contributed by atoms with van der Waals surface area (Å²) in [6.45, 7) is 2.55. The standard InChI is InChI=1S/C26H32N4O5/c1-29(15-19-8-5-6-10-21(19)32-2)26(31)20-9-7-13-30(16-20)17-24-27-25(28-35-24)18-11-12-22(33-3)23(14-18)34-4/h5-6,8,10-12,14,20H,7,9,13,15-17H2,1-4H3. The van der Waals surface area contributed by atoms with Crippen LogP contribution in [0, 0.1) is 5.92 Å². The molecule has 0 spiro atoms. The second-order valence-corrected chi connectivity index (χ2v) is 8.66. The molecule has 9 nitrogen and oxygen atoms in total. The molecule has 1 fully saturated rings. The van der Waals surface area contributed by atoms with Gasteiger partial charge in [-0.05, 0) is 43.7 Å². The lowest BCUT2D eigenvalue weighted by molar-refractivity contribution is -0.136. The highest BCUT2D eigenvalue weighted by Crippen LogP contribution is 2.31. The molecule has 1 amide bonds. The summed E-state index contributed by atoms with van der Waals surface area (Å²) in [5.41, 5.74) is 1.77. The van der Waals surface area contributed by atoms with Gasteiger partial charge in [0.2, 0.25) is 17.6 Å². The fourth-order valence-corrected chi connectivity index (χ4v) is 4.48. The van der Waals surface area contributed by atoms with Crippen molar-refractivity contribution >= 4 is 5.91 Å². The summed E-state index contributed by atoms with van der Waals surface area (Å²) in [7, 11) is 6.68. The number of methoxy groups -OCH3 is 3. The molecule has 186 valence electrons. The van der Waals surface area contributed by atoms with E-state index in [1.807, 2.05) is 49.5 Å². The van der Waals surface area contributed by atoms with E-state index < -0.39 is 0 Å². The molecule has 2 heterocycles. The van der Waals surface area contributed by atoms with E-state index >= 15 is 0 Å². The third-order valence-corrected chi connectivity index (χ3v) is 6.30. The van der Waals surface area contributed by atoms with E-state index in [1.165, 1.54) is 0 Å². The van der Waals surface area contributed by atoms with Gasteiger partial charge < -0.3 is 23.6 Å². The number of hydrogen-bond acceptors (Lipinski definition) is 8. The van der Waals surface area contributed by atoms with Gasteiger partial charge in [0.1, 0.15) is 5.75 Å². The van der Waals surface area contributed by atoms with E-state index in [-0.39, 0.29) is 11.8 Å². The summed E-state index contributed by atoms with van der Waals surface area (Å²) in [5.74, 6) is 3.10. The number of rotatable bonds is 9. The number of ether oxygens (including phenoxy) is 3. The maximum absolute atomic E-state index is 13.2. The van der Waals surface area contributed by atoms with Gasteiger partial charge in [-0.3, -0.25) is 9.69 Å². The number of piperidine rings is 1. The molecule has 1 saturated heterocycles. The Balaban J connectivity index is 1.37. The summed E-state index contributed by atoms with van der Waals surface area (Å²) in [5, 5.41) is 4.13. The number of carbonyl (C=O) groups excluding carboxylic acids is 1. The minimum atomic E-state index is -0.0725. The van der Waals surface area contributed by atoms with Gasteiger partial charge in [0, 0.05) is 31.3 Å². The molecule has 3 aromatic rings. The largest absolute Gasteiger partial charge is 0.496 e. The number of likely N-dealkylation sites (tertiary alicyclic amines) is 1. The van der Waals surface area contributed by atoms with Crippen LogP contribution in [-0.2, 0) is 17.9 Å². The van der Waals surface area contributed by atoms with E-state index in [4.69, 9.17) is 18.7 Å². The topological polar surface area (TPSA) is 90.2 Å². The molecule has 2 aromatic carbocycles. The molecule has 9 heteroatoms. The minimum absolute atomic E-state index is 0.0725. The number of benzene rings is 2. The fraction of sp³-hybridized carbons (Fsp3) is 0.423. The third-order valence-electron chi connectivity index (χ3n) is 6.30. The van der Waals surface area contributed by atoms with Crippen LogP contribution in [0.25, 0.3) is 11.4 Å². The average molecular weight is 481 g/mol. The first kappa shape index (κ1) is 24.5. The molecule has 35 heavy (non-hydrogen) atoms. The summed E-state index contributed by atoms with van der Waals surface area (Å²) in [6.07, 6.45) is 1.81. The molecule has 0 radical (unpaired) electrons. The number of carbonyl (C=O) groups is 1. The molecule has 0 N–H and O–H groups in total. The molecule has 0 saturated carbocycles. The Hall–Kier alpha value is -3.59. The molecule has 1 aliphatic heterocycles. The lowest BCUT2D eigenvalue weighted by Gasteiger charge is -2.33. The summed E-state index contributed by atoms with van der Waals surface area (Å²) >= 11 is 0. The predicted octanol–water partition coefficient (Wildman–Crippen LogP) is 3.63. The van der Waals surface area contributed by atoms with Gasteiger partial charge in [0.25, 0.3) is 0 Å². The minimum Gasteiger partial charge on any atom is -0.496 e. The maximum Gasteiger partial charge on any atom is 0.241 e. The van der Waals surface area contributed by atoms with Crippen LogP contribution in [0.5, 0.6) is 17.2 Å². The van der Waals surface area contributed by atoms with Crippen molar-refractivity contribution in [2.45, 2.75) is 25.9 Å². The molecular formula is C26H32N4O5. The van der Waals surface area contributed by atoms with Crippen molar-refractivity contribution < 1.29 is 23.5 Å². The zero-order valence-electron chi connectivity index (χ0n) is 20.7. The fourth-order valence-electron chi connectivity index (χ4n) is 4.48. The molecule has 1 aromatic heterocycles. The average Bonchev–Trinajstić information content (AvgIpc) is 3.36. The first-order chi connectivity index (χ1) is 17.0. The zero-order valence-corrected chi connectivity index (χ0v) is 20.7. The van der Waals surface area contributed by atoms with E-state index in [1.54, 1.807) is 26.2 Å². The molecule has 4 rings (SSSR count). The van der Waals surface area contributed by atoms with Crippen molar-refractivity contribution in [3.8, 4) is 28.6 Å². The van der Waals surface area contributed by atoms with Gasteiger partial charge in [-0.1, -0.05) is 23.4 Å². The Labute approximate surface area is 205 Å². The van der Waals surface area contributed by atoms with Gasteiger partial charge in [-0.15, -0.1) is 0 Å². The van der Waals surface area contributed by atoms with Crippen molar-refractivity contribution in [1.82, 2.24) is 19.9 Å². The quantitative estimate of drug-likeness (QED) is 0.459. The highest BCUT2D eigenvalue weighted by atomic mass is 16.5. The van der Waals surface area contributed by atoms with Crippen molar-refractivity contribution in [2.24, 2.45) is 5.92 Å². The van der Waals surface area contributed by atoms with Crippen LogP contribution >= 0.6 is 0 Å². The van der Waals surface area contributed by atoms with Gasteiger partial charge in [-0.2, -0.15) is 4.98 Å². The van der Waals surface area contributed by atoms with E-state index in [9.17, 15) is 4.79 Å². The van der Waals surface area contributed by atoms with Crippen molar-refractivity contribution in [3.05, 3.63) is 53.9 Å². The third kappa shape index (κ3) is 5.74. The number of nitrogens with zero attached hydrogens (tertiary/aromatic N) is 4. The van der Waals surface area contributed by atoms with E-state index in [0.717, 1.165) is 36.3 Å². The van der Waals surface area contributed by atoms with Crippen molar-refractivity contribution in [3.63, 3.8) is 0 Å². The number of amides is 1. The highest BCUT2D eigenvalue weighted by Gasteiger charge is 2.29. The molecular weight excluding hydrogens is 448 g/mol. The number of hydrogen-bond donors (Lipinski definition) is 0. The normalized spacial score (nSPS) is 16.1. The van der Waals surface area contributed by atoms with Crippen LogP contribution in [0.1, 0.15) is 24.3 Å². The van der Waals surface area contributed by atoms with E-state index in [0.29, 0.717) is 42.8 Å². The molecule has 1 aliphatic rings. The van der Waals surface area contributed by atoms with Crippen LogP contribution in [-0.4, -0.2) is 67.3 Å². The Kier molecular flexibility index (Phi) is 7.87. The Morgan fingerprint density at radius 2 is 1.86 bits per heavy atom. The Bertz CT molecular complexity index is 1150. The second kappa shape index (κ2) is 11.2. The Morgan fingerprint density at radius 1 is 1.09 bits per heavy atom. The number of para-hydroxylation sites is 1. The molecule has 0 bridgehead atoms. The van der Waals surface area contributed by atoms with Crippen LogP contribution in [0.4, 0.5) is 0 Å². The van der Waals surface area contributed by atoms with Gasteiger partial charge in [0.05, 0.1) is 33.8 Å². The lowest BCUT2D eigenvalue weighted by Crippen LogP contribution is -2.43. The zero-order chi connectivity index (χ0) is 24.8. The van der Waals surface area contributed by atoms with Crippen LogP contribution in [0.15, 0.2) is 47.0 Å². The molecule has 0 aliphatic carbocycles. The van der Waals surface area contributed by atoms with Gasteiger partial charge >= 0.3 is 0 Å². The van der Waals surface area contributed by atoms with Gasteiger partial charge in [0.15, 0.2) is 11.5 Å². The first-order valence-electron chi connectivity index (χ1n) is 11.7. The summed E-state index contributed by atoms with van der Waals surface area (Å²) < 4.78 is 21.6. The van der Waals surface area contributed by atoms with E-state index in [2.05, 4.69) is 15.0 Å². The van der Waals surface area contributed by atoms with Crippen LogP contribution in [0.2, 0.25) is 0 Å². The van der Waals surface area contributed by atoms with Crippen molar-refractivity contribution in [2.75, 3.05) is 41.5 Å². The summed E-state index contributed by atoms with van der Waals surface area (Å²) in [4.78, 5) is 21.7. The number of aromatic nitrogens is 2. The predicted molar refractivity (Wildman–Crippen MR) is 130 cm³/mol.